The zero-order valence-corrected chi connectivity index (χ0v) is 19.9. The van der Waals surface area contributed by atoms with Gasteiger partial charge in [0.25, 0.3) is 0 Å². The monoisotopic (exact) mass is 480 g/mol. The van der Waals surface area contributed by atoms with E-state index in [-0.39, 0.29) is 19.1 Å². The highest BCUT2D eigenvalue weighted by Crippen LogP contribution is 2.44. The highest BCUT2D eigenvalue weighted by atomic mass is 16.5. The summed E-state index contributed by atoms with van der Waals surface area (Å²) in [6.45, 7) is 0.00592. The summed E-state index contributed by atoms with van der Waals surface area (Å²) in [4.78, 5) is 37.8. The Bertz CT molecular complexity index is 1030. The molecule has 1 fully saturated rings. The van der Waals surface area contributed by atoms with Crippen LogP contribution in [0.25, 0.3) is 11.1 Å². The summed E-state index contributed by atoms with van der Waals surface area (Å²) in [6.07, 6.45) is 3.28. The third-order valence-electron chi connectivity index (χ3n) is 7.01. The number of carboxylic acids is 1. The first-order valence-electron chi connectivity index (χ1n) is 12.1. The van der Waals surface area contributed by atoms with Crippen LogP contribution in [0.2, 0.25) is 0 Å². The van der Waals surface area contributed by atoms with Gasteiger partial charge in [-0.15, -0.1) is 0 Å². The number of carbonyl (C=O) groups excluding carboxylic acids is 2. The molecule has 186 valence electrons. The van der Waals surface area contributed by atoms with E-state index >= 15 is 0 Å². The third kappa shape index (κ3) is 5.32. The van der Waals surface area contributed by atoms with Gasteiger partial charge in [0.1, 0.15) is 18.2 Å². The lowest BCUT2D eigenvalue weighted by Crippen LogP contribution is -2.60. The largest absolute Gasteiger partial charge is 0.480 e. The number of ether oxygens (including phenoxy) is 2. The molecule has 0 heterocycles. The molecular weight excluding hydrogens is 448 g/mol. The second-order valence-corrected chi connectivity index (χ2v) is 9.27. The van der Waals surface area contributed by atoms with E-state index in [4.69, 9.17) is 9.47 Å². The number of amides is 2. The minimum absolute atomic E-state index is 0.105. The number of fused-ring (bicyclic) bond motifs is 3. The fraction of sp³-hybridized carbons (Fsp3) is 0.444. The molecule has 0 radical (unpaired) electrons. The van der Waals surface area contributed by atoms with E-state index in [1.807, 2.05) is 36.4 Å². The minimum Gasteiger partial charge on any atom is -0.480 e. The Morgan fingerprint density at radius 1 is 0.971 bits per heavy atom. The first-order valence-corrected chi connectivity index (χ1v) is 12.1. The average Bonchev–Trinajstić information content (AvgIpc) is 2.98. The van der Waals surface area contributed by atoms with Gasteiger partial charge in [-0.2, -0.15) is 0 Å². The van der Waals surface area contributed by atoms with Crippen LogP contribution in [0.15, 0.2) is 48.5 Å². The number of carbonyl (C=O) groups is 3. The van der Waals surface area contributed by atoms with E-state index in [9.17, 15) is 19.5 Å². The molecule has 8 heteroatoms. The number of rotatable bonds is 8. The molecule has 8 nitrogen and oxygen atoms in total. The van der Waals surface area contributed by atoms with Crippen LogP contribution in [0.4, 0.5) is 4.79 Å². The van der Waals surface area contributed by atoms with E-state index in [0.29, 0.717) is 12.8 Å². The molecule has 2 aliphatic rings. The molecule has 35 heavy (non-hydrogen) atoms. The fourth-order valence-electron chi connectivity index (χ4n) is 5.18. The van der Waals surface area contributed by atoms with Gasteiger partial charge in [0, 0.05) is 13.0 Å². The summed E-state index contributed by atoms with van der Waals surface area (Å²) < 4.78 is 10.7. The molecule has 0 bridgehead atoms. The molecule has 4 rings (SSSR count). The van der Waals surface area contributed by atoms with Crippen LogP contribution in [0.1, 0.15) is 55.6 Å². The van der Waals surface area contributed by atoms with Crippen LogP contribution in [0.3, 0.4) is 0 Å². The Hall–Kier alpha value is -3.39. The Kier molecular flexibility index (Phi) is 7.70. The second-order valence-electron chi connectivity index (χ2n) is 9.27. The summed E-state index contributed by atoms with van der Waals surface area (Å²) in [6, 6.07) is 15.0. The lowest BCUT2D eigenvalue weighted by Gasteiger charge is -2.31. The van der Waals surface area contributed by atoms with Crippen LogP contribution in [0, 0.1) is 0 Å². The van der Waals surface area contributed by atoms with Crippen molar-refractivity contribution in [3.8, 4) is 11.1 Å². The van der Waals surface area contributed by atoms with Crippen LogP contribution in [-0.4, -0.2) is 55.0 Å². The molecule has 1 unspecified atom stereocenters. The third-order valence-corrected chi connectivity index (χ3v) is 7.01. The van der Waals surface area contributed by atoms with Crippen molar-refractivity contribution >= 4 is 18.0 Å². The van der Waals surface area contributed by atoms with Crippen molar-refractivity contribution in [2.24, 2.45) is 0 Å². The molecule has 1 atom stereocenters. The summed E-state index contributed by atoms with van der Waals surface area (Å²) in [5.74, 6) is -1.75. The molecule has 2 amide bonds. The summed E-state index contributed by atoms with van der Waals surface area (Å²) >= 11 is 0. The first-order chi connectivity index (χ1) is 16.9. The van der Waals surface area contributed by atoms with Crippen LogP contribution < -0.4 is 10.6 Å². The maximum atomic E-state index is 13.0. The predicted molar refractivity (Wildman–Crippen MR) is 130 cm³/mol. The maximum Gasteiger partial charge on any atom is 0.407 e. The minimum atomic E-state index is -1.33. The van der Waals surface area contributed by atoms with Gasteiger partial charge in [-0.05, 0) is 35.1 Å². The average molecular weight is 481 g/mol. The molecule has 0 spiro atoms. The van der Waals surface area contributed by atoms with Gasteiger partial charge >= 0.3 is 12.1 Å². The number of hydrogen-bond acceptors (Lipinski definition) is 5. The van der Waals surface area contributed by atoms with Crippen molar-refractivity contribution in [1.29, 1.82) is 0 Å². The molecule has 2 aromatic carbocycles. The van der Waals surface area contributed by atoms with Crippen molar-refractivity contribution < 1.29 is 29.0 Å². The zero-order valence-electron chi connectivity index (χ0n) is 19.9. The van der Waals surface area contributed by atoms with Gasteiger partial charge in [-0.3, -0.25) is 4.79 Å². The lowest BCUT2D eigenvalue weighted by molar-refractivity contribution is -0.149. The Morgan fingerprint density at radius 2 is 1.54 bits per heavy atom. The predicted octanol–water partition coefficient (Wildman–Crippen LogP) is 3.83. The van der Waals surface area contributed by atoms with Gasteiger partial charge < -0.3 is 25.2 Å². The molecule has 0 saturated heterocycles. The number of hydrogen-bond donors (Lipinski definition) is 3. The number of benzene rings is 2. The number of methoxy groups -OCH3 is 1. The van der Waals surface area contributed by atoms with Gasteiger partial charge in [0.2, 0.25) is 5.91 Å². The number of carboxylic acid groups (broad SMARTS) is 1. The van der Waals surface area contributed by atoms with Crippen LogP contribution in [0.5, 0.6) is 0 Å². The van der Waals surface area contributed by atoms with Gasteiger partial charge in [0.05, 0.1) is 6.61 Å². The highest BCUT2D eigenvalue weighted by molar-refractivity contribution is 5.91. The maximum absolute atomic E-state index is 13.0. The molecule has 3 N–H and O–H groups in total. The summed E-state index contributed by atoms with van der Waals surface area (Å²) in [5, 5.41) is 15.1. The van der Waals surface area contributed by atoms with E-state index in [1.54, 1.807) is 0 Å². The van der Waals surface area contributed by atoms with Crippen molar-refractivity contribution in [3.63, 3.8) is 0 Å². The van der Waals surface area contributed by atoms with Gasteiger partial charge in [-0.25, -0.2) is 9.59 Å². The molecule has 2 aromatic rings. The van der Waals surface area contributed by atoms with E-state index < -0.39 is 29.6 Å². The SMILES string of the molecule is COCC(NC(=O)OCC1c2ccccc2-c2ccccc21)C(=O)NC1(C(=O)O)CCCCCC1. The second kappa shape index (κ2) is 10.9. The normalized spacial score (nSPS) is 17.4. The Balaban J connectivity index is 1.41. The van der Waals surface area contributed by atoms with Crippen molar-refractivity contribution in [2.45, 2.75) is 56.0 Å². The Morgan fingerprint density at radius 3 is 2.09 bits per heavy atom. The molecule has 1 saturated carbocycles. The number of aliphatic carboxylic acids is 1. The van der Waals surface area contributed by atoms with E-state index in [2.05, 4.69) is 22.8 Å². The number of nitrogens with one attached hydrogen (secondary N) is 2. The van der Waals surface area contributed by atoms with Gasteiger partial charge in [0.15, 0.2) is 0 Å². The highest BCUT2D eigenvalue weighted by Gasteiger charge is 2.41. The quantitative estimate of drug-likeness (QED) is 0.495. The lowest BCUT2D eigenvalue weighted by atomic mass is 9.90. The molecule has 2 aliphatic carbocycles. The molecule has 0 aromatic heterocycles. The first kappa shape index (κ1) is 24.7. The zero-order chi connectivity index (χ0) is 24.8. The molecular formula is C27H32N2O6. The standard InChI is InChI=1S/C27H32N2O6/c1-34-17-23(24(30)29-27(25(31)32)14-8-2-3-9-15-27)28-26(33)35-16-22-20-12-6-4-10-18(20)19-11-5-7-13-21(19)22/h4-7,10-13,22-23H,2-3,8-9,14-17H2,1H3,(H,28,33)(H,29,30)(H,31,32). The topological polar surface area (TPSA) is 114 Å². The molecule has 0 aliphatic heterocycles. The van der Waals surface area contributed by atoms with Crippen LogP contribution >= 0.6 is 0 Å². The summed E-state index contributed by atoms with van der Waals surface area (Å²) in [7, 11) is 1.41. The fourth-order valence-corrected chi connectivity index (χ4v) is 5.18. The van der Waals surface area contributed by atoms with E-state index in [1.165, 1.54) is 7.11 Å². The van der Waals surface area contributed by atoms with Gasteiger partial charge in [-0.1, -0.05) is 74.2 Å². The Labute approximate surface area is 205 Å². The summed E-state index contributed by atoms with van der Waals surface area (Å²) in [5.41, 5.74) is 3.09. The van der Waals surface area contributed by atoms with Crippen molar-refractivity contribution in [1.82, 2.24) is 10.6 Å². The van der Waals surface area contributed by atoms with Crippen molar-refractivity contribution in [3.05, 3.63) is 59.7 Å². The van der Waals surface area contributed by atoms with Crippen LogP contribution in [-0.2, 0) is 19.1 Å². The van der Waals surface area contributed by atoms with Crippen molar-refractivity contribution in [2.75, 3.05) is 20.3 Å². The van der Waals surface area contributed by atoms with E-state index in [0.717, 1.165) is 47.9 Å². The number of alkyl carbamates (subject to hydrolysis) is 1. The smallest absolute Gasteiger partial charge is 0.407 e.